The van der Waals surface area contributed by atoms with Gasteiger partial charge in [0.05, 0.1) is 11.3 Å². The molecule has 0 unspecified atom stereocenters. The highest BCUT2D eigenvalue weighted by molar-refractivity contribution is 7.89. The van der Waals surface area contributed by atoms with Crippen molar-refractivity contribution in [2.75, 3.05) is 6.54 Å². The van der Waals surface area contributed by atoms with Gasteiger partial charge in [0.2, 0.25) is 10.0 Å². The number of thiophene rings is 1. The largest absolute Gasteiger partial charge is 0.356 e. The number of benzene rings is 1. The van der Waals surface area contributed by atoms with Gasteiger partial charge in [-0.2, -0.15) is 4.31 Å². The Hall–Kier alpha value is -1.96. The van der Waals surface area contributed by atoms with Crippen molar-refractivity contribution in [2.24, 2.45) is 0 Å². The monoisotopic (exact) mass is 388 g/mol. The van der Waals surface area contributed by atoms with Crippen LogP contribution in [0.25, 0.3) is 11.3 Å². The number of aryl methyl sites for hydroxylation is 3. The van der Waals surface area contributed by atoms with Crippen LogP contribution in [-0.4, -0.2) is 24.4 Å². The molecule has 3 aromatic rings. The molecule has 2 aromatic heterocycles. The molecular formula is C19H20N2O3S2. The summed E-state index contributed by atoms with van der Waals surface area (Å²) in [5.74, 6) is 0.514. The quantitative estimate of drug-likeness (QED) is 0.678. The summed E-state index contributed by atoms with van der Waals surface area (Å²) in [4.78, 5) is 2.07. The van der Waals surface area contributed by atoms with Crippen molar-refractivity contribution in [2.45, 2.75) is 38.6 Å². The van der Waals surface area contributed by atoms with Crippen LogP contribution < -0.4 is 0 Å². The van der Waals surface area contributed by atoms with E-state index < -0.39 is 10.0 Å². The predicted octanol–water partition coefficient (Wildman–Crippen LogP) is 4.08. The summed E-state index contributed by atoms with van der Waals surface area (Å²) in [7, 11) is -3.63. The fraction of sp³-hybridized carbons (Fsp3) is 0.316. The van der Waals surface area contributed by atoms with Crippen molar-refractivity contribution in [1.82, 2.24) is 9.46 Å². The second kappa shape index (κ2) is 6.33. The van der Waals surface area contributed by atoms with Crippen molar-refractivity contribution in [1.29, 1.82) is 0 Å². The van der Waals surface area contributed by atoms with Crippen molar-refractivity contribution in [3.05, 3.63) is 56.9 Å². The van der Waals surface area contributed by atoms with Crippen molar-refractivity contribution >= 4 is 21.4 Å². The molecule has 0 aliphatic carbocycles. The average molecular weight is 389 g/mol. The van der Waals surface area contributed by atoms with Crippen LogP contribution in [0.3, 0.4) is 0 Å². The van der Waals surface area contributed by atoms with Crippen LogP contribution in [0, 0.1) is 20.8 Å². The standard InChI is InChI=1S/C19H20N2O3S2/c1-12-10-17(24-20-12)18-13(2)25-14(3)19(18)26(22,23)21-9-8-15-6-4-5-7-16(15)11-21/h4-7,10H,8-9,11H2,1-3H3. The van der Waals surface area contributed by atoms with Gasteiger partial charge >= 0.3 is 0 Å². The van der Waals surface area contributed by atoms with Crippen LogP contribution in [0.2, 0.25) is 0 Å². The van der Waals surface area contributed by atoms with Gasteiger partial charge in [-0.15, -0.1) is 11.3 Å². The second-order valence-electron chi connectivity index (χ2n) is 6.61. The number of fused-ring (bicyclic) bond motifs is 1. The fourth-order valence-electron chi connectivity index (χ4n) is 3.54. The summed E-state index contributed by atoms with van der Waals surface area (Å²) in [6, 6.07) is 9.82. The van der Waals surface area contributed by atoms with E-state index in [-0.39, 0.29) is 0 Å². The van der Waals surface area contributed by atoms with E-state index in [1.165, 1.54) is 16.9 Å². The lowest BCUT2D eigenvalue weighted by molar-refractivity contribution is 0.390. The molecule has 5 nitrogen and oxygen atoms in total. The summed E-state index contributed by atoms with van der Waals surface area (Å²) < 4.78 is 34.0. The van der Waals surface area contributed by atoms with E-state index in [0.29, 0.717) is 29.3 Å². The third-order valence-electron chi connectivity index (χ3n) is 4.77. The third kappa shape index (κ3) is 2.80. The van der Waals surface area contributed by atoms with Crippen molar-refractivity contribution in [3.8, 4) is 11.3 Å². The van der Waals surface area contributed by atoms with Gasteiger partial charge in [0.1, 0.15) is 4.90 Å². The van der Waals surface area contributed by atoms with E-state index in [1.807, 2.05) is 39.0 Å². The zero-order valence-electron chi connectivity index (χ0n) is 14.9. The molecule has 0 atom stereocenters. The van der Waals surface area contributed by atoms with Gasteiger partial charge in [-0.3, -0.25) is 0 Å². The average Bonchev–Trinajstić information content (AvgIpc) is 3.16. The number of nitrogens with zero attached hydrogens (tertiary/aromatic N) is 2. The first-order valence-electron chi connectivity index (χ1n) is 8.48. The Morgan fingerprint density at radius 3 is 2.54 bits per heavy atom. The lowest BCUT2D eigenvalue weighted by Gasteiger charge is -2.28. The molecule has 1 aromatic carbocycles. The number of sulfonamides is 1. The van der Waals surface area contributed by atoms with Gasteiger partial charge in [0.15, 0.2) is 5.76 Å². The number of aromatic nitrogens is 1. The highest BCUT2D eigenvalue weighted by Gasteiger charge is 2.34. The molecule has 0 fully saturated rings. The van der Waals surface area contributed by atoms with Crippen LogP contribution in [0.5, 0.6) is 0 Å². The van der Waals surface area contributed by atoms with Gasteiger partial charge < -0.3 is 4.52 Å². The van der Waals surface area contributed by atoms with Crippen LogP contribution in [0.1, 0.15) is 26.6 Å². The van der Waals surface area contributed by atoms with Gasteiger partial charge in [0, 0.05) is 28.9 Å². The molecule has 4 rings (SSSR count). The van der Waals surface area contributed by atoms with Gasteiger partial charge in [-0.05, 0) is 38.3 Å². The van der Waals surface area contributed by atoms with E-state index in [4.69, 9.17) is 4.52 Å². The third-order valence-corrected chi connectivity index (χ3v) is 7.94. The first-order valence-corrected chi connectivity index (χ1v) is 10.7. The SMILES string of the molecule is Cc1cc(-c2c(C)sc(C)c2S(=O)(=O)N2CCc3ccccc3C2)on1. The minimum Gasteiger partial charge on any atom is -0.356 e. The Morgan fingerprint density at radius 1 is 1.12 bits per heavy atom. The Morgan fingerprint density at radius 2 is 1.85 bits per heavy atom. The minimum atomic E-state index is -3.63. The second-order valence-corrected chi connectivity index (χ2v) is 9.91. The maximum atomic E-state index is 13.5. The first-order chi connectivity index (χ1) is 12.4. The molecule has 7 heteroatoms. The predicted molar refractivity (Wildman–Crippen MR) is 102 cm³/mol. The normalized spacial score (nSPS) is 15.2. The molecule has 0 radical (unpaired) electrons. The minimum absolute atomic E-state index is 0.357. The van der Waals surface area contributed by atoms with E-state index in [9.17, 15) is 8.42 Å². The molecule has 3 heterocycles. The van der Waals surface area contributed by atoms with Crippen LogP contribution in [0.15, 0.2) is 39.8 Å². The highest BCUT2D eigenvalue weighted by Crippen LogP contribution is 2.41. The topological polar surface area (TPSA) is 63.4 Å². The summed E-state index contributed by atoms with van der Waals surface area (Å²) in [5.41, 5.74) is 3.68. The first kappa shape index (κ1) is 17.5. The zero-order chi connectivity index (χ0) is 18.5. The summed E-state index contributed by atoms with van der Waals surface area (Å²) in [6.45, 7) is 6.51. The van der Waals surface area contributed by atoms with Gasteiger partial charge in [-0.1, -0.05) is 29.4 Å². The maximum absolute atomic E-state index is 13.5. The summed E-state index contributed by atoms with van der Waals surface area (Å²) >= 11 is 1.48. The van der Waals surface area contributed by atoms with E-state index in [2.05, 4.69) is 11.2 Å². The molecule has 0 spiro atoms. The molecule has 0 N–H and O–H groups in total. The molecule has 26 heavy (non-hydrogen) atoms. The smallest absolute Gasteiger partial charge is 0.245 e. The Labute approximate surface area is 157 Å². The van der Waals surface area contributed by atoms with E-state index in [0.717, 1.165) is 27.4 Å². The van der Waals surface area contributed by atoms with Crippen LogP contribution in [-0.2, 0) is 23.0 Å². The van der Waals surface area contributed by atoms with Gasteiger partial charge in [-0.25, -0.2) is 8.42 Å². The molecule has 0 saturated carbocycles. The number of hydrogen-bond acceptors (Lipinski definition) is 5. The molecule has 1 aliphatic heterocycles. The van der Waals surface area contributed by atoms with Crippen molar-refractivity contribution in [3.63, 3.8) is 0 Å². The fourth-order valence-corrected chi connectivity index (χ4v) is 6.78. The Kier molecular flexibility index (Phi) is 4.25. The van der Waals surface area contributed by atoms with E-state index >= 15 is 0 Å². The number of rotatable bonds is 3. The van der Waals surface area contributed by atoms with Crippen molar-refractivity contribution < 1.29 is 12.9 Å². The highest BCUT2D eigenvalue weighted by atomic mass is 32.2. The lowest BCUT2D eigenvalue weighted by atomic mass is 10.0. The molecule has 1 aliphatic rings. The Bertz CT molecular complexity index is 1080. The zero-order valence-corrected chi connectivity index (χ0v) is 16.6. The van der Waals surface area contributed by atoms with Gasteiger partial charge in [0.25, 0.3) is 0 Å². The van der Waals surface area contributed by atoms with Crippen LogP contribution >= 0.6 is 11.3 Å². The molecular weight excluding hydrogens is 368 g/mol. The lowest BCUT2D eigenvalue weighted by Crippen LogP contribution is -2.36. The van der Waals surface area contributed by atoms with Crippen LogP contribution in [0.4, 0.5) is 0 Å². The molecule has 0 bridgehead atoms. The number of hydrogen-bond donors (Lipinski definition) is 0. The summed E-state index contributed by atoms with van der Waals surface area (Å²) in [6.07, 6.45) is 0.730. The molecule has 0 amide bonds. The maximum Gasteiger partial charge on any atom is 0.245 e. The Balaban J connectivity index is 1.80. The molecule has 0 saturated heterocycles. The molecule has 136 valence electrons. The van der Waals surface area contributed by atoms with E-state index in [1.54, 1.807) is 10.4 Å². The summed E-state index contributed by atoms with van der Waals surface area (Å²) in [5, 5.41) is 3.93.